The Kier molecular flexibility index (Phi) is 6.62. The summed E-state index contributed by atoms with van der Waals surface area (Å²) in [5.74, 6) is -1.23. The van der Waals surface area contributed by atoms with Gasteiger partial charge in [-0.3, -0.25) is 0 Å². The van der Waals surface area contributed by atoms with E-state index < -0.39 is 76.7 Å². The van der Waals surface area contributed by atoms with Gasteiger partial charge >= 0.3 is 11.9 Å². The van der Waals surface area contributed by atoms with Gasteiger partial charge in [0.15, 0.2) is 6.10 Å². The molecule has 0 aromatic heterocycles. The molecule has 10 unspecified atom stereocenters. The number of hydrogen-bond donors (Lipinski definition) is 3. The second-order valence-electron chi connectivity index (χ2n) is 12.5. The van der Waals surface area contributed by atoms with E-state index in [1.807, 2.05) is 19.9 Å². The van der Waals surface area contributed by atoms with Crippen LogP contribution in [0.2, 0.25) is 0 Å². The Labute approximate surface area is 232 Å². The van der Waals surface area contributed by atoms with E-state index in [-0.39, 0.29) is 25.7 Å². The first-order valence-electron chi connectivity index (χ1n) is 13.9. The lowest BCUT2D eigenvalue weighted by molar-refractivity contribution is -0.239. The fraction of sp³-hybridized carbons (Fsp3) is 0.724. The van der Waals surface area contributed by atoms with Crippen molar-refractivity contribution in [2.75, 3.05) is 19.8 Å². The van der Waals surface area contributed by atoms with Crippen molar-refractivity contribution in [1.29, 1.82) is 0 Å². The van der Waals surface area contributed by atoms with Gasteiger partial charge in [0.2, 0.25) is 0 Å². The Morgan fingerprint density at radius 3 is 2.55 bits per heavy atom. The van der Waals surface area contributed by atoms with Gasteiger partial charge in [-0.1, -0.05) is 31.2 Å². The topological polar surface area (TPSA) is 157 Å². The van der Waals surface area contributed by atoms with Crippen LogP contribution in [0.4, 0.5) is 0 Å². The molecule has 3 saturated heterocycles. The van der Waals surface area contributed by atoms with E-state index >= 15 is 0 Å². The van der Waals surface area contributed by atoms with Crippen molar-refractivity contribution in [2.24, 2.45) is 10.8 Å². The van der Waals surface area contributed by atoms with E-state index in [1.54, 1.807) is 26.0 Å². The highest BCUT2D eigenvalue weighted by atomic mass is 16.7. The Bertz CT molecular complexity index is 1160. The van der Waals surface area contributed by atoms with Crippen molar-refractivity contribution in [2.45, 2.75) is 101 Å². The molecule has 0 amide bonds. The van der Waals surface area contributed by atoms with Crippen LogP contribution in [0.25, 0.3) is 0 Å². The summed E-state index contributed by atoms with van der Waals surface area (Å²) in [5.41, 5.74) is -3.03. The fourth-order valence-electron chi connectivity index (χ4n) is 7.38. The summed E-state index contributed by atoms with van der Waals surface area (Å²) in [5, 5.41) is 31.9. The number of carbonyl (C=O) groups is 2. The van der Waals surface area contributed by atoms with Crippen molar-refractivity contribution in [3.63, 3.8) is 0 Å². The zero-order chi connectivity index (χ0) is 28.7. The van der Waals surface area contributed by atoms with Crippen LogP contribution in [0.3, 0.4) is 0 Å². The first-order chi connectivity index (χ1) is 18.9. The van der Waals surface area contributed by atoms with Gasteiger partial charge in [0, 0.05) is 17.9 Å². The largest absolute Gasteiger partial charge is 0.463 e. The number of aliphatic hydroxyl groups excluding tert-OH is 3. The van der Waals surface area contributed by atoms with E-state index in [0.29, 0.717) is 13.0 Å². The van der Waals surface area contributed by atoms with Gasteiger partial charge < -0.3 is 43.7 Å². The number of cyclic esters (lactones) is 1. The molecular formula is C29H38O11. The maximum absolute atomic E-state index is 13.3. The molecule has 6 rings (SSSR count). The highest BCUT2D eigenvalue weighted by molar-refractivity contribution is 5.82. The van der Waals surface area contributed by atoms with E-state index in [9.17, 15) is 24.9 Å². The molecule has 0 aromatic rings. The van der Waals surface area contributed by atoms with Crippen LogP contribution in [0.1, 0.15) is 40.5 Å². The molecule has 2 bridgehead atoms. The molecule has 12 atom stereocenters. The molecule has 2 spiro atoms. The van der Waals surface area contributed by atoms with Gasteiger partial charge in [-0.15, -0.1) is 0 Å². The maximum atomic E-state index is 13.3. The predicted octanol–water partition coefficient (Wildman–Crippen LogP) is 0.496. The average Bonchev–Trinajstić information content (AvgIpc) is 3.81. The Morgan fingerprint density at radius 2 is 1.85 bits per heavy atom. The molecule has 0 radical (unpaired) electrons. The summed E-state index contributed by atoms with van der Waals surface area (Å²) in [6, 6.07) is 0. The Hall–Kier alpha value is -2.12. The molecule has 4 fully saturated rings. The SMILES string of the molecule is CC1=CC2OC3CC4OC(=O)/C=C\C=C\C(C(C)O)OCC(O)C5(C)OC5C(=O)OC[C@@]2(CC1O)C4(C)[C@@]31CO1. The smallest absolute Gasteiger partial charge is 0.338 e. The molecule has 40 heavy (non-hydrogen) atoms. The lowest BCUT2D eigenvalue weighted by Gasteiger charge is -2.58. The van der Waals surface area contributed by atoms with E-state index in [0.717, 1.165) is 5.57 Å². The third-order valence-corrected chi connectivity index (χ3v) is 10.3. The number of carbonyl (C=O) groups excluding carboxylic acids is 2. The molecule has 4 heterocycles. The van der Waals surface area contributed by atoms with Gasteiger partial charge in [-0.05, 0) is 32.8 Å². The van der Waals surface area contributed by atoms with Crippen molar-refractivity contribution in [3.05, 3.63) is 36.0 Å². The van der Waals surface area contributed by atoms with Gasteiger partial charge in [-0.2, -0.15) is 0 Å². The molecular weight excluding hydrogens is 524 g/mol. The zero-order valence-corrected chi connectivity index (χ0v) is 23.1. The number of hydrogen-bond acceptors (Lipinski definition) is 11. The highest BCUT2D eigenvalue weighted by Crippen LogP contribution is 2.72. The summed E-state index contributed by atoms with van der Waals surface area (Å²) < 4.78 is 35.9. The van der Waals surface area contributed by atoms with E-state index in [2.05, 4.69) is 0 Å². The number of allylic oxidation sites excluding steroid dienone is 2. The summed E-state index contributed by atoms with van der Waals surface area (Å²) >= 11 is 0. The van der Waals surface area contributed by atoms with E-state index in [4.69, 9.17) is 28.4 Å². The molecule has 11 nitrogen and oxygen atoms in total. The quantitative estimate of drug-likeness (QED) is 0.232. The first kappa shape index (κ1) is 28.0. The molecule has 3 N–H and O–H groups in total. The summed E-state index contributed by atoms with van der Waals surface area (Å²) in [6.45, 7) is 7.03. The number of esters is 2. The summed E-state index contributed by atoms with van der Waals surface area (Å²) in [6.07, 6.45) is 2.24. The molecule has 2 aliphatic carbocycles. The van der Waals surface area contributed by atoms with Crippen LogP contribution in [0.15, 0.2) is 36.0 Å². The number of fused-ring (bicyclic) bond motifs is 1. The molecule has 4 aliphatic heterocycles. The van der Waals surface area contributed by atoms with Crippen LogP contribution < -0.4 is 0 Å². The van der Waals surface area contributed by atoms with Crippen LogP contribution in [0.5, 0.6) is 0 Å². The van der Waals surface area contributed by atoms with Crippen LogP contribution in [-0.4, -0.2) is 107 Å². The van der Waals surface area contributed by atoms with Crippen LogP contribution in [-0.2, 0) is 38.0 Å². The monoisotopic (exact) mass is 562 g/mol. The fourth-order valence-corrected chi connectivity index (χ4v) is 7.38. The van der Waals surface area contributed by atoms with Crippen molar-refractivity contribution in [3.8, 4) is 0 Å². The first-order valence-corrected chi connectivity index (χ1v) is 13.9. The minimum Gasteiger partial charge on any atom is -0.463 e. The Morgan fingerprint density at radius 1 is 1.10 bits per heavy atom. The van der Waals surface area contributed by atoms with Gasteiger partial charge in [-0.25, -0.2) is 9.59 Å². The molecule has 1 saturated carbocycles. The maximum Gasteiger partial charge on any atom is 0.338 e. The number of rotatable bonds is 1. The van der Waals surface area contributed by atoms with Crippen molar-refractivity contribution in [1.82, 2.24) is 0 Å². The third-order valence-electron chi connectivity index (χ3n) is 10.3. The minimum absolute atomic E-state index is 0.134. The number of ether oxygens (including phenoxy) is 6. The lowest BCUT2D eigenvalue weighted by atomic mass is 9.51. The molecule has 0 aromatic carbocycles. The average molecular weight is 563 g/mol. The standard InChI is InChI=1S/C29H38O11/c1-15-9-21-28(11-17(15)31)13-36-25(34)24-26(3,40-24)19(32)12-35-18(16(2)30)7-5-6-8-23(33)39-20-10-22(38-21)29(14-37-29)27(20,28)4/h5-9,16-22,24,30-32H,10-14H2,1-4H3/b7-5+,8-6-/t16?,17?,18?,19?,20?,21?,22?,24?,26?,27?,28-,29-/m1/s1. The van der Waals surface area contributed by atoms with Crippen LogP contribution in [0, 0.1) is 10.8 Å². The molecule has 6 aliphatic rings. The molecule has 11 heteroatoms. The predicted molar refractivity (Wildman–Crippen MR) is 137 cm³/mol. The Balaban J connectivity index is 1.38. The molecule has 220 valence electrons. The van der Waals surface area contributed by atoms with Gasteiger partial charge in [0.05, 0.1) is 43.0 Å². The van der Waals surface area contributed by atoms with Crippen LogP contribution >= 0.6 is 0 Å². The number of epoxide rings is 2. The second kappa shape index (κ2) is 9.45. The highest BCUT2D eigenvalue weighted by Gasteiger charge is 2.83. The summed E-state index contributed by atoms with van der Waals surface area (Å²) in [4.78, 5) is 26.3. The van der Waals surface area contributed by atoms with Crippen molar-refractivity contribution >= 4 is 11.9 Å². The van der Waals surface area contributed by atoms with Gasteiger partial charge in [0.25, 0.3) is 0 Å². The third kappa shape index (κ3) is 3.97. The minimum atomic E-state index is -1.22. The zero-order valence-electron chi connectivity index (χ0n) is 23.1. The van der Waals surface area contributed by atoms with Crippen molar-refractivity contribution < 1.29 is 53.3 Å². The number of aliphatic hydroxyl groups is 3. The lowest BCUT2D eigenvalue weighted by Crippen LogP contribution is -2.68. The summed E-state index contributed by atoms with van der Waals surface area (Å²) in [7, 11) is 0. The normalized spacial score (nSPS) is 52.6. The van der Waals surface area contributed by atoms with E-state index in [1.165, 1.54) is 12.2 Å². The second-order valence-corrected chi connectivity index (χ2v) is 12.5. The van der Waals surface area contributed by atoms with Gasteiger partial charge in [0.1, 0.15) is 36.1 Å².